The summed E-state index contributed by atoms with van der Waals surface area (Å²) in [4.78, 5) is 22.9. The van der Waals surface area contributed by atoms with Crippen molar-refractivity contribution >= 4 is 28.9 Å². The van der Waals surface area contributed by atoms with E-state index in [2.05, 4.69) is 10.5 Å². The number of hydrogen-bond donors (Lipinski definition) is 1. The first kappa shape index (κ1) is 19.3. The van der Waals surface area contributed by atoms with Gasteiger partial charge < -0.3 is 14.6 Å². The normalized spacial score (nSPS) is 10.5. The van der Waals surface area contributed by atoms with Crippen molar-refractivity contribution in [2.24, 2.45) is 0 Å². The minimum atomic E-state index is -0.683. The fraction of sp³-hybridized carbons (Fsp3) is 0.111. The second-order valence-electron chi connectivity index (χ2n) is 5.69. The molecule has 0 radical (unpaired) electrons. The number of amides is 1. The number of nitro benzene ring substituents is 1. The monoisotopic (exact) mass is 405 g/mol. The van der Waals surface area contributed by atoms with Crippen molar-refractivity contribution in [1.29, 1.82) is 0 Å². The standard InChI is InChI=1S/C18H13ClFN3O5/c1-10-14(9-27-13-4-2-3-11(20)7-13)17(22-28-10)18(24)21-16-8-12(23(25)26)5-6-15(16)19/h2-8H,9H2,1H3,(H,21,24). The Morgan fingerprint density at radius 2 is 2.14 bits per heavy atom. The van der Waals surface area contributed by atoms with Crippen LogP contribution in [-0.4, -0.2) is 16.0 Å². The van der Waals surface area contributed by atoms with Crippen molar-refractivity contribution in [3.63, 3.8) is 0 Å². The Kier molecular flexibility index (Phi) is 5.55. The summed E-state index contributed by atoms with van der Waals surface area (Å²) in [6, 6.07) is 9.19. The van der Waals surface area contributed by atoms with Gasteiger partial charge in [0.25, 0.3) is 11.6 Å². The van der Waals surface area contributed by atoms with Gasteiger partial charge in [-0.25, -0.2) is 4.39 Å². The summed E-state index contributed by atoms with van der Waals surface area (Å²) in [6.07, 6.45) is 0. The fourth-order valence-corrected chi connectivity index (χ4v) is 2.52. The van der Waals surface area contributed by atoms with E-state index in [-0.39, 0.29) is 34.4 Å². The largest absolute Gasteiger partial charge is 0.489 e. The van der Waals surface area contributed by atoms with Crippen LogP contribution in [0.15, 0.2) is 47.0 Å². The third-order valence-corrected chi connectivity index (χ3v) is 4.12. The maximum absolute atomic E-state index is 13.3. The van der Waals surface area contributed by atoms with Crippen molar-refractivity contribution in [2.75, 3.05) is 5.32 Å². The lowest BCUT2D eigenvalue weighted by atomic mass is 10.2. The van der Waals surface area contributed by atoms with E-state index in [0.717, 1.165) is 6.07 Å². The highest BCUT2D eigenvalue weighted by Crippen LogP contribution is 2.28. The molecule has 0 fully saturated rings. The number of nitrogens with one attached hydrogen (secondary N) is 1. The first-order valence-electron chi connectivity index (χ1n) is 7.94. The molecule has 10 heteroatoms. The molecule has 0 saturated carbocycles. The Morgan fingerprint density at radius 3 is 2.86 bits per heavy atom. The van der Waals surface area contributed by atoms with Crippen LogP contribution in [0.4, 0.5) is 15.8 Å². The van der Waals surface area contributed by atoms with Crippen LogP contribution in [0.1, 0.15) is 21.8 Å². The van der Waals surface area contributed by atoms with Crippen LogP contribution in [0.25, 0.3) is 0 Å². The molecule has 0 aliphatic heterocycles. The lowest BCUT2D eigenvalue weighted by Crippen LogP contribution is -2.16. The van der Waals surface area contributed by atoms with Crippen LogP contribution < -0.4 is 10.1 Å². The summed E-state index contributed by atoms with van der Waals surface area (Å²) in [5.41, 5.74) is 0.101. The van der Waals surface area contributed by atoms with E-state index in [0.29, 0.717) is 11.3 Å². The van der Waals surface area contributed by atoms with E-state index in [4.69, 9.17) is 20.9 Å². The Labute approximate surface area is 163 Å². The molecule has 0 atom stereocenters. The number of aromatic nitrogens is 1. The number of non-ortho nitro benzene ring substituents is 1. The third-order valence-electron chi connectivity index (χ3n) is 3.79. The minimum Gasteiger partial charge on any atom is -0.489 e. The van der Waals surface area contributed by atoms with E-state index >= 15 is 0 Å². The number of nitro groups is 1. The van der Waals surface area contributed by atoms with Crippen LogP contribution in [0, 0.1) is 22.9 Å². The molecule has 144 valence electrons. The number of carbonyl (C=O) groups is 1. The summed E-state index contributed by atoms with van der Waals surface area (Å²) >= 11 is 5.99. The van der Waals surface area contributed by atoms with Crippen LogP contribution in [0.5, 0.6) is 5.75 Å². The third kappa shape index (κ3) is 4.26. The van der Waals surface area contributed by atoms with E-state index < -0.39 is 16.6 Å². The highest BCUT2D eigenvalue weighted by atomic mass is 35.5. The molecular weight excluding hydrogens is 393 g/mol. The molecule has 0 unspecified atom stereocenters. The molecule has 3 rings (SSSR count). The molecule has 0 aliphatic rings. The molecule has 0 aliphatic carbocycles. The zero-order valence-electron chi connectivity index (χ0n) is 14.4. The second kappa shape index (κ2) is 8.05. The molecule has 1 amide bonds. The number of benzene rings is 2. The zero-order valence-corrected chi connectivity index (χ0v) is 15.2. The SMILES string of the molecule is Cc1onc(C(=O)Nc2cc([N+](=O)[O-])ccc2Cl)c1COc1cccc(F)c1. The molecule has 3 aromatic rings. The van der Waals surface area contributed by atoms with Crippen molar-refractivity contribution in [1.82, 2.24) is 5.16 Å². The Bertz CT molecular complexity index is 1050. The summed E-state index contributed by atoms with van der Waals surface area (Å²) in [6.45, 7) is 1.50. The first-order chi connectivity index (χ1) is 13.3. The summed E-state index contributed by atoms with van der Waals surface area (Å²) < 4.78 is 23.8. The Balaban J connectivity index is 1.80. The van der Waals surface area contributed by atoms with Crippen molar-refractivity contribution < 1.29 is 23.4 Å². The smallest absolute Gasteiger partial charge is 0.278 e. The molecule has 1 N–H and O–H groups in total. The zero-order chi connectivity index (χ0) is 20.3. The molecule has 0 bridgehead atoms. The molecule has 2 aromatic carbocycles. The lowest BCUT2D eigenvalue weighted by Gasteiger charge is -2.08. The van der Waals surface area contributed by atoms with E-state index in [1.807, 2.05) is 0 Å². The quantitative estimate of drug-likeness (QED) is 0.477. The van der Waals surface area contributed by atoms with Gasteiger partial charge in [0.2, 0.25) is 0 Å². The Hall–Kier alpha value is -3.46. The van der Waals surface area contributed by atoms with Gasteiger partial charge >= 0.3 is 0 Å². The molecule has 0 spiro atoms. The van der Waals surface area contributed by atoms with Crippen molar-refractivity contribution in [3.8, 4) is 5.75 Å². The molecule has 28 heavy (non-hydrogen) atoms. The minimum absolute atomic E-state index is 0.0542. The number of carbonyl (C=O) groups excluding carboxylic acids is 1. The van der Waals surface area contributed by atoms with Gasteiger partial charge in [-0.2, -0.15) is 0 Å². The average Bonchev–Trinajstić information content (AvgIpc) is 3.02. The topological polar surface area (TPSA) is 108 Å². The van der Waals surface area contributed by atoms with Gasteiger partial charge in [0.1, 0.15) is 23.9 Å². The van der Waals surface area contributed by atoms with Crippen LogP contribution >= 0.6 is 11.6 Å². The molecule has 1 heterocycles. The number of halogens is 2. The van der Waals surface area contributed by atoms with Gasteiger partial charge in [-0.3, -0.25) is 14.9 Å². The molecular formula is C18H13ClFN3O5. The van der Waals surface area contributed by atoms with Gasteiger partial charge in [0, 0.05) is 18.2 Å². The average molecular weight is 406 g/mol. The van der Waals surface area contributed by atoms with Gasteiger partial charge in [0.15, 0.2) is 5.69 Å². The molecule has 0 saturated heterocycles. The van der Waals surface area contributed by atoms with E-state index in [1.54, 1.807) is 13.0 Å². The number of rotatable bonds is 6. The van der Waals surface area contributed by atoms with Crippen LogP contribution in [0.3, 0.4) is 0 Å². The van der Waals surface area contributed by atoms with Crippen LogP contribution in [0.2, 0.25) is 5.02 Å². The van der Waals surface area contributed by atoms with Crippen LogP contribution in [-0.2, 0) is 6.61 Å². The number of nitrogens with zero attached hydrogens (tertiary/aromatic N) is 2. The first-order valence-corrected chi connectivity index (χ1v) is 8.31. The highest BCUT2D eigenvalue weighted by Gasteiger charge is 2.22. The van der Waals surface area contributed by atoms with E-state index in [1.165, 1.54) is 30.3 Å². The summed E-state index contributed by atoms with van der Waals surface area (Å²) in [5.74, 6) is -0.532. The number of ether oxygens (including phenoxy) is 1. The second-order valence-corrected chi connectivity index (χ2v) is 6.09. The van der Waals surface area contributed by atoms with Gasteiger partial charge in [0.05, 0.1) is 21.2 Å². The Morgan fingerprint density at radius 1 is 1.36 bits per heavy atom. The predicted octanol–water partition coefficient (Wildman–Crippen LogP) is 4.52. The lowest BCUT2D eigenvalue weighted by molar-refractivity contribution is -0.384. The van der Waals surface area contributed by atoms with Gasteiger partial charge in [-0.15, -0.1) is 0 Å². The fourth-order valence-electron chi connectivity index (χ4n) is 2.36. The van der Waals surface area contributed by atoms with Crippen molar-refractivity contribution in [3.05, 3.63) is 80.4 Å². The highest BCUT2D eigenvalue weighted by molar-refractivity contribution is 6.34. The maximum atomic E-state index is 13.3. The van der Waals surface area contributed by atoms with E-state index in [9.17, 15) is 19.3 Å². The number of aryl methyl sites for hydroxylation is 1. The summed E-state index contributed by atoms with van der Waals surface area (Å²) in [7, 11) is 0. The number of hydrogen-bond acceptors (Lipinski definition) is 6. The maximum Gasteiger partial charge on any atom is 0.278 e. The van der Waals surface area contributed by atoms with Crippen molar-refractivity contribution in [2.45, 2.75) is 13.5 Å². The van der Waals surface area contributed by atoms with Gasteiger partial charge in [-0.1, -0.05) is 22.8 Å². The molecule has 1 aromatic heterocycles. The molecule has 8 nitrogen and oxygen atoms in total. The number of anilines is 1. The predicted molar refractivity (Wildman–Crippen MR) is 98.0 cm³/mol. The van der Waals surface area contributed by atoms with Gasteiger partial charge in [-0.05, 0) is 25.1 Å². The summed E-state index contributed by atoms with van der Waals surface area (Å²) in [5, 5.41) is 17.2.